The van der Waals surface area contributed by atoms with E-state index in [1.807, 2.05) is 6.92 Å². The molecular weight excluding hydrogens is 273 g/mol. The molecule has 0 bridgehead atoms. The lowest BCUT2D eigenvalue weighted by Crippen LogP contribution is -2.37. The van der Waals surface area contributed by atoms with Gasteiger partial charge in [0.15, 0.2) is 6.10 Å². The number of nitrogens with one attached hydrogen (secondary N) is 1. The number of carbonyl (C=O) groups excluding carboxylic acids is 1. The van der Waals surface area contributed by atoms with Gasteiger partial charge in [0.1, 0.15) is 5.75 Å². The van der Waals surface area contributed by atoms with Crippen molar-refractivity contribution in [2.24, 2.45) is 0 Å². The van der Waals surface area contributed by atoms with E-state index in [0.717, 1.165) is 6.42 Å². The molecule has 2 unspecified atom stereocenters. The molecule has 0 aliphatic rings. The summed E-state index contributed by atoms with van der Waals surface area (Å²) >= 11 is 11.6. The Kier molecular flexibility index (Phi) is 6.30. The summed E-state index contributed by atoms with van der Waals surface area (Å²) in [4.78, 5) is 11.7. The van der Waals surface area contributed by atoms with E-state index in [0.29, 0.717) is 17.3 Å². The largest absolute Gasteiger partial charge is 0.481 e. The van der Waals surface area contributed by atoms with Crippen LogP contribution in [0.1, 0.15) is 20.3 Å². The fourth-order valence-corrected chi connectivity index (χ4v) is 1.63. The van der Waals surface area contributed by atoms with Gasteiger partial charge in [0.2, 0.25) is 0 Å². The number of rotatable bonds is 6. The summed E-state index contributed by atoms with van der Waals surface area (Å²) in [6, 6.07) is 6.96. The lowest BCUT2D eigenvalue weighted by atomic mass is 10.3. The minimum atomic E-state index is -0.561. The molecule has 100 valence electrons. The van der Waals surface area contributed by atoms with Crippen LogP contribution in [0.5, 0.6) is 5.75 Å². The molecule has 0 spiro atoms. The molecule has 0 radical (unpaired) electrons. The Hall–Kier alpha value is -0.930. The topological polar surface area (TPSA) is 38.3 Å². The van der Waals surface area contributed by atoms with Gasteiger partial charge >= 0.3 is 0 Å². The monoisotopic (exact) mass is 289 g/mol. The van der Waals surface area contributed by atoms with Crippen molar-refractivity contribution >= 4 is 29.1 Å². The van der Waals surface area contributed by atoms with Crippen LogP contribution in [0.15, 0.2) is 24.3 Å². The predicted molar refractivity (Wildman–Crippen MR) is 74.5 cm³/mol. The molecule has 1 aromatic rings. The van der Waals surface area contributed by atoms with Crippen molar-refractivity contribution in [2.45, 2.75) is 31.7 Å². The number of carbonyl (C=O) groups is 1. The van der Waals surface area contributed by atoms with Crippen LogP contribution in [-0.2, 0) is 4.79 Å². The van der Waals surface area contributed by atoms with E-state index in [2.05, 4.69) is 5.32 Å². The molecule has 0 heterocycles. The molecule has 0 saturated heterocycles. The zero-order valence-electron chi connectivity index (χ0n) is 10.5. The summed E-state index contributed by atoms with van der Waals surface area (Å²) in [5.74, 6) is 0.420. The fraction of sp³-hybridized carbons (Fsp3) is 0.462. The lowest BCUT2D eigenvalue weighted by molar-refractivity contribution is -0.127. The van der Waals surface area contributed by atoms with Gasteiger partial charge in [-0.15, -0.1) is 11.6 Å². The maximum Gasteiger partial charge on any atom is 0.260 e. The van der Waals surface area contributed by atoms with Crippen LogP contribution in [0, 0.1) is 0 Å². The van der Waals surface area contributed by atoms with Crippen LogP contribution in [0.2, 0.25) is 5.02 Å². The van der Waals surface area contributed by atoms with E-state index in [9.17, 15) is 4.79 Å². The number of amides is 1. The Labute approximate surface area is 117 Å². The molecule has 0 fully saturated rings. The number of benzene rings is 1. The fourth-order valence-electron chi connectivity index (χ4n) is 1.34. The first kappa shape index (κ1) is 15.1. The first-order chi connectivity index (χ1) is 8.49. The van der Waals surface area contributed by atoms with Gasteiger partial charge in [0.05, 0.1) is 0 Å². The minimum Gasteiger partial charge on any atom is -0.481 e. The van der Waals surface area contributed by atoms with E-state index >= 15 is 0 Å². The average Bonchev–Trinajstić information content (AvgIpc) is 2.28. The van der Waals surface area contributed by atoms with E-state index < -0.39 is 6.10 Å². The van der Waals surface area contributed by atoms with Gasteiger partial charge in [0.25, 0.3) is 5.91 Å². The summed E-state index contributed by atoms with van der Waals surface area (Å²) in [6.45, 7) is 4.13. The highest BCUT2D eigenvalue weighted by Gasteiger charge is 2.14. The molecule has 18 heavy (non-hydrogen) atoms. The van der Waals surface area contributed by atoms with Gasteiger partial charge in [-0.25, -0.2) is 0 Å². The molecule has 3 nitrogen and oxygen atoms in total. The standard InChI is InChI=1S/C13H17Cl2NO2/c1-9(14)6-7-16-13(17)10(2)18-12-5-3-4-11(15)8-12/h3-5,8-10H,6-7H2,1-2H3,(H,16,17). The molecule has 0 aromatic heterocycles. The minimum absolute atomic E-state index is 0.0504. The Bertz CT molecular complexity index is 396. The Morgan fingerprint density at radius 1 is 1.44 bits per heavy atom. The van der Waals surface area contributed by atoms with Gasteiger partial charge in [-0.05, 0) is 38.5 Å². The zero-order valence-corrected chi connectivity index (χ0v) is 12.0. The van der Waals surface area contributed by atoms with E-state index in [-0.39, 0.29) is 11.3 Å². The van der Waals surface area contributed by atoms with Crippen molar-refractivity contribution in [1.29, 1.82) is 0 Å². The Morgan fingerprint density at radius 3 is 2.78 bits per heavy atom. The quantitative estimate of drug-likeness (QED) is 0.817. The van der Waals surface area contributed by atoms with Crippen molar-refractivity contribution in [3.05, 3.63) is 29.3 Å². The zero-order chi connectivity index (χ0) is 13.5. The first-order valence-electron chi connectivity index (χ1n) is 5.83. The highest BCUT2D eigenvalue weighted by atomic mass is 35.5. The van der Waals surface area contributed by atoms with Crippen molar-refractivity contribution < 1.29 is 9.53 Å². The summed E-state index contributed by atoms with van der Waals surface area (Å²) in [7, 11) is 0. The lowest BCUT2D eigenvalue weighted by Gasteiger charge is -2.15. The molecule has 1 N–H and O–H groups in total. The molecule has 1 aromatic carbocycles. The van der Waals surface area contributed by atoms with Crippen LogP contribution < -0.4 is 10.1 Å². The van der Waals surface area contributed by atoms with Gasteiger partial charge in [-0.3, -0.25) is 4.79 Å². The number of hydrogen-bond donors (Lipinski definition) is 1. The van der Waals surface area contributed by atoms with E-state index in [4.69, 9.17) is 27.9 Å². The number of ether oxygens (including phenoxy) is 1. The highest BCUT2D eigenvalue weighted by molar-refractivity contribution is 6.30. The maximum atomic E-state index is 11.7. The second kappa shape index (κ2) is 7.49. The molecule has 1 rings (SSSR count). The van der Waals surface area contributed by atoms with Gasteiger partial charge < -0.3 is 10.1 Å². The average molecular weight is 290 g/mol. The van der Waals surface area contributed by atoms with Crippen molar-refractivity contribution in [3.8, 4) is 5.75 Å². The van der Waals surface area contributed by atoms with Crippen LogP contribution in [0.4, 0.5) is 0 Å². The summed E-state index contributed by atoms with van der Waals surface area (Å²) in [6.07, 6.45) is 0.172. The maximum absolute atomic E-state index is 11.7. The molecule has 0 saturated carbocycles. The molecule has 2 atom stereocenters. The summed E-state index contributed by atoms with van der Waals surface area (Å²) in [5.41, 5.74) is 0. The highest BCUT2D eigenvalue weighted by Crippen LogP contribution is 2.18. The van der Waals surface area contributed by atoms with Crippen molar-refractivity contribution in [3.63, 3.8) is 0 Å². The second-order valence-electron chi connectivity index (χ2n) is 4.08. The summed E-state index contributed by atoms with van der Waals surface area (Å²) < 4.78 is 5.49. The number of alkyl halides is 1. The van der Waals surface area contributed by atoms with Gasteiger partial charge in [0, 0.05) is 16.9 Å². The molecule has 5 heteroatoms. The predicted octanol–water partition coefficient (Wildman–Crippen LogP) is 3.24. The summed E-state index contributed by atoms with van der Waals surface area (Å²) in [5, 5.41) is 3.40. The van der Waals surface area contributed by atoms with Gasteiger partial charge in [-0.1, -0.05) is 17.7 Å². The number of halogens is 2. The van der Waals surface area contributed by atoms with E-state index in [1.54, 1.807) is 31.2 Å². The molecule has 0 aliphatic heterocycles. The van der Waals surface area contributed by atoms with Crippen LogP contribution in [-0.4, -0.2) is 23.9 Å². The third kappa shape index (κ3) is 5.61. The van der Waals surface area contributed by atoms with E-state index in [1.165, 1.54) is 0 Å². The smallest absolute Gasteiger partial charge is 0.260 e. The molecular formula is C13H17Cl2NO2. The molecule has 1 amide bonds. The van der Waals surface area contributed by atoms with Crippen LogP contribution in [0.3, 0.4) is 0 Å². The van der Waals surface area contributed by atoms with Crippen LogP contribution >= 0.6 is 23.2 Å². The van der Waals surface area contributed by atoms with Crippen molar-refractivity contribution in [1.82, 2.24) is 5.32 Å². The van der Waals surface area contributed by atoms with Gasteiger partial charge in [-0.2, -0.15) is 0 Å². The molecule has 0 aliphatic carbocycles. The normalized spacial score (nSPS) is 13.8. The third-order valence-corrected chi connectivity index (χ3v) is 2.77. The number of hydrogen-bond acceptors (Lipinski definition) is 2. The third-order valence-electron chi connectivity index (χ3n) is 2.32. The Balaban J connectivity index is 2.40. The second-order valence-corrected chi connectivity index (χ2v) is 5.26. The SMILES string of the molecule is CC(Cl)CCNC(=O)C(C)Oc1cccc(Cl)c1. The first-order valence-corrected chi connectivity index (χ1v) is 6.64. The van der Waals surface area contributed by atoms with Crippen molar-refractivity contribution in [2.75, 3.05) is 6.54 Å². The van der Waals surface area contributed by atoms with Crippen LogP contribution in [0.25, 0.3) is 0 Å². The Morgan fingerprint density at radius 2 is 2.17 bits per heavy atom.